The Labute approximate surface area is 124 Å². The van der Waals surface area contributed by atoms with Crippen LogP contribution < -0.4 is 4.74 Å². The van der Waals surface area contributed by atoms with Gasteiger partial charge in [-0.3, -0.25) is 0 Å². The van der Waals surface area contributed by atoms with Crippen LogP contribution in [0.15, 0.2) is 12.3 Å². The van der Waals surface area contributed by atoms with Gasteiger partial charge >= 0.3 is 5.97 Å². The van der Waals surface area contributed by atoms with E-state index in [1.165, 1.54) is 18.7 Å². The van der Waals surface area contributed by atoms with Crippen molar-refractivity contribution in [3.63, 3.8) is 0 Å². The molecule has 2 atom stereocenters. The minimum absolute atomic E-state index is 0.0276. The van der Waals surface area contributed by atoms with Gasteiger partial charge < -0.3 is 9.84 Å². The fraction of sp³-hybridized carbons (Fsp3) is 0.600. The number of aromatic carboxylic acids is 1. The van der Waals surface area contributed by atoms with E-state index in [0.717, 1.165) is 12.8 Å². The first kappa shape index (κ1) is 15.1. The maximum Gasteiger partial charge on any atom is 0.337 e. The second-order valence-corrected chi connectivity index (χ2v) is 6.81. The van der Waals surface area contributed by atoms with Crippen LogP contribution in [0.3, 0.4) is 0 Å². The summed E-state index contributed by atoms with van der Waals surface area (Å²) in [5.41, 5.74) is 0.249. The van der Waals surface area contributed by atoms with Gasteiger partial charge in [0.2, 0.25) is 5.88 Å². The third kappa shape index (κ3) is 3.42. The van der Waals surface area contributed by atoms with Gasteiger partial charge in [-0.1, -0.05) is 32.4 Å². The molecule has 5 heteroatoms. The largest absolute Gasteiger partial charge is 0.478 e. The van der Waals surface area contributed by atoms with Crippen molar-refractivity contribution >= 4 is 17.6 Å². The van der Waals surface area contributed by atoms with Crippen molar-refractivity contribution in [1.82, 2.24) is 4.98 Å². The van der Waals surface area contributed by atoms with Crippen molar-refractivity contribution in [2.75, 3.05) is 0 Å². The summed E-state index contributed by atoms with van der Waals surface area (Å²) in [5.74, 6) is -0.272. The third-order valence-corrected chi connectivity index (χ3v) is 4.08. The van der Waals surface area contributed by atoms with Gasteiger partial charge in [0, 0.05) is 6.20 Å². The highest BCUT2D eigenvalue weighted by Crippen LogP contribution is 2.40. The molecule has 1 fully saturated rings. The predicted molar refractivity (Wildman–Crippen MR) is 77.4 cm³/mol. The quantitative estimate of drug-likeness (QED) is 0.915. The van der Waals surface area contributed by atoms with E-state index in [4.69, 9.17) is 21.4 Å². The molecule has 1 aliphatic rings. The Morgan fingerprint density at radius 2 is 2.20 bits per heavy atom. The molecule has 1 saturated carbocycles. The van der Waals surface area contributed by atoms with Gasteiger partial charge in [-0.15, -0.1) is 0 Å². The Hall–Kier alpha value is -1.29. The molecule has 0 aromatic carbocycles. The molecular weight excluding hydrogens is 278 g/mol. The van der Waals surface area contributed by atoms with Gasteiger partial charge in [-0.05, 0) is 36.7 Å². The summed E-state index contributed by atoms with van der Waals surface area (Å²) in [6.45, 7) is 6.66. The predicted octanol–water partition coefficient (Wildman–Crippen LogP) is 4.03. The highest BCUT2D eigenvalue weighted by Gasteiger charge is 2.33. The van der Waals surface area contributed by atoms with Gasteiger partial charge in [-0.2, -0.15) is 0 Å². The van der Waals surface area contributed by atoms with Crippen molar-refractivity contribution in [3.05, 3.63) is 22.8 Å². The molecule has 1 aromatic rings. The number of carboxylic acids is 1. The highest BCUT2D eigenvalue weighted by molar-refractivity contribution is 6.34. The van der Waals surface area contributed by atoms with Crippen molar-refractivity contribution in [3.8, 4) is 5.88 Å². The number of ether oxygens (including phenoxy) is 1. The average molecular weight is 298 g/mol. The lowest BCUT2D eigenvalue weighted by molar-refractivity contribution is 0.0528. The summed E-state index contributed by atoms with van der Waals surface area (Å²) in [6.07, 6.45) is 4.49. The smallest absolute Gasteiger partial charge is 0.337 e. The van der Waals surface area contributed by atoms with Crippen LogP contribution >= 0.6 is 11.6 Å². The molecule has 2 rings (SSSR count). The molecule has 0 saturated heterocycles. The van der Waals surface area contributed by atoms with Gasteiger partial charge in [0.1, 0.15) is 11.1 Å². The van der Waals surface area contributed by atoms with Gasteiger partial charge in [0.15, 0.2) is 0 Å². The van der Waals surface area contributed by atoms with Crippen molar-refractivity contribution in [2.24, 2.45) is 11.3 Å². The number of nitrogens with zero attached hydrogens (tertiary/aromatic N) is 1. The molecule has 110 valence electrons. The van der Waals surface area contributed by atoms with E-state index >= 15 is 0 Å². The number of rotatable bonds is 3. The zero-order chi connectivity index (χ0) is 14.9. The summed E-state index contributed by atoms with van der Waals surface area (Å²) < 4.78 is 5.88. The Morgan fingerprint density at radius 3 is 2.80 bits per heavy atom. The molecule has 1 N–H and O–H groups in total. The maximum atomic E-state index is 11.1. The summed E-state index contributed by atoms with van der Waals surface area (Å²) in [5, 5.41) is 9.13. The molecule has 0 aliphatic heterocycles. The van der Waals surface area contributed by atoms with Gasteiger partial charge in [0.25, 0.3) is 0 Å². The zero-order valence-corrected chi connectivity index (χ0v) is 12.8. The van der Waals surface area contributed by atoms with Crippen LogP contribution in [0.25, 0.3) is 0 Å². The molecule has 20 heavy (non-hydrogen) atoms. The number of halogens is 1. The summed E-state index contributed by atoms with van der Waals surface area (Å²) in [7, 11) is 0. The number of carboxylic acid groups (broad SMARTS) is 1. The normalized spacial score (nSPS) is 25.2. The lowest BCUT2D eigenvalue weighted by atomic mass is 9.71. The van der Waals surface area contributed by atoms with Crippen molar-refractivity contribution in [1.29, 1.82) is 0 Å². The van der Waals surface area contributed by atoms with E-state index in [-0.39, 0.29) is 28.0 Å². The highest BCUT2D eigenvalue weighted by atomic mass is 35.5. The molecule has 0 spiro atoms. The molecule has 1 aliphatic carbocycles. The van der Waals surface area contributed by atoms with Crippen LogP contribution in [-0.2, 0) is 0 Å². The second kappa shape index (κ2) is 5.60. The molecule has 0 radical (unpaired) electrons. The number of carbonyl (C=O) groups is 1. The van der Waals surface area contributed by atoms with Crippen molar-refractivity contribution in [2.45, 2.75) is 46.1 Å². The molecule has 0 bridgehead atoms. The Bertz CT molecular complexity index is 516. The number of aromatic nitrogens is 1. The van der Waals surface area contributed by atoms with E-state index < -0.39 is 5.97 Å². The van der Waals surface area contributed by atoms with E-state index in [1.54, 1.807) is 0 Å². The van der Waals surface area contributed by atoms with E-state index in [9.17, 15) is 4.79 Å². The monoisotopic (exact) mass is 297 g/mol. The van der Waals surface area contributed by atoms with Crippen LogP contribution in [0.2, 0.25) is 5.02 Å². The fourth-order valence-electron chi connectivity index (χ4n) is 3.18. The summed E-state index contributed by atoms with van der Waals surface area (Å²) in [6, 6.07) is 1.38. The van der Waals surface area contributed by atoms with Crippen LogP contribution in [0.1, 0.15) is 50.4 Å². The first-order valence-electron chi connectivity index (χ1n) is 6.83. The average Bonchev–Trinajstić information content (AvgIpc) is 2.28. The van der Waals surface area contributed by atoms with Gasteiger partial charge in [0.05, 0.1) is 5.56 Å². The first-order chi connectivity index (χ1) is 9.28. The molecule has 0 amide bonds. The molecular formula is C15H20ClNO3. The Balaban J connectivity index is 2.18. The maximum absolute atomic E-state index is 11.1. The SMILES string of the molecule is CC1CC(Oc2nccc(C(=O)O)c2Cl)CC(C)(C)C1. The number of hydrogen-bond donors (Lipinski definition) is 1. The van der Waals surface area contributed by atoms with Crippen LogP contribution in [0.5, 0.6) is 5.88 Å². The van der Waals surface area contributed by atoms with E-state index in [0.29, 0.717) is 5.92 Å². The number of hydrogen-bond acceptors (Lipinski definition) is 3. The lowest BCUT2D eigenvalue weighted by Crippen LogP contribution is -2.34. The lowest BCUT2D eigenvalue weighted by Gasteiger charge is -2.38. The topological polar surface area (TPSA) is 59.4 Å². The summed E-state index contributed by atoms with van der Waals surface area (Å²) >= 11 is 6.06. The van der Waals surface area contributed by atoms with Gasteiger partial charge in [-0.25, -0.2) is 9.78 Å². The molecule has 4 nitrogen and oxygen atoms in total. The summed E-state index contributed by atoms with van der Waals surface area (Å²) in [4.78, 5) is 15.1. The second-order valence-electron chi connectivity index (χ2n) is 6.44. The molecule has 1 aromatic heterocycles. The Kier molecular flexibility index (Phi) is 4.23. The Morgan fingerprint density at radius 1 is 1.50 bits per heavy atom. The fourth-order valence-corrected chi connectivity index (χ4v) is 3.42. The van der Waals surface area contributed by atoms with Crippen LogP contribution in [0.4, 0.5) is 0 Å². The number of pyridine rings is 1. The third-order valence-electron chi connectivity index (χ3n) is 3.71. The first-order valence-corrected chi connectivity index (χ1v) is 7.21. The van der Waals surface area contributed by atoms with Crippen LogP contribution in [-0.4, -0.2) is 22.2 Å². The van der Waals surface area contributed by atoms with E-state index in [1.807, 2.05) is 0 Å². The van der Waals surface area contributed by atoms with Crippen LogP contribution in [0, 0.1) is 11.3 Å². The standard InChI is InChI=1S/C15H20ClNO3/c1-9-6-10(8-15(2,3)7-9)20-13-12(16)11(14(18)19)4-5-17-13/h4-5,9-10H,6-8H2,1-3H3,(H,18,19). The molecule has 1 heterocycles. The zero-order valence-electron chi connectivity index (χ0n) is 12.0. The van der Waals surface area contributed by atoms with E-state index in [2.05, 4.69) is 25.8 Å². The minimum Gasteiger partial charge on any atom is -0.478 e. The van der Waals surface area contributed by atoms with Crippen molar-refractivity contribution < 1.29 is 14.6 Å². The minimum atomic E-state index is -1.07. The molecule has 2 unspecified atom stereocenters.